The van der Waals surface area contributed by atoms with Crippen LogP contribution in [0.3, 0.4) is 0 Å². The average molecular weight is 339 g/mol. The van der Waals surface area contributed by atoms with E-state index in [-0.39, 0.29) is 23.8 Å². The molecule has 1 fully saturated rings. The van der Waals surface area contributed by atoms with Crippen molar-refractivity contribution in [2.24, 2.45) is 0 Å². The SMILES string of the molecule is O=C(CCn1ccccc1=O)NCc1ccc(N2CCCC2=O)cc1. The van der Waals surface area contributed by atoms with Crippen LogP contribution in [-0.2, 0) is 22.7 Å². The summed E-state index contributed by atoms with van der Waals surface area (Å²) in [7, 11) is 0. The van der Waals surface area contributed by atoms with Gasteiger partial charge in [-0.05, 0) is 30.2 Å². The third-order valence-corrected chi connectivity index (χ3v) is 4.29. The van der Waals surface area contributed by atoms with Crippen molar-refractivity contribution >= 4 is 17.5 Å². The van der Waals surface area contributed by atoms with Crippen LogP contribution in [0.25, 0.3) is 0 Å². The Morgan fingerprint density at radius 2 is 1.88 bits per heavy atom. The zero-order valence-corrected chi connectivity index (χ0v) is 14.0. The summed E-state index contributed by atoms with van der Waals surface area (Å²) in [6.07, 6.45) is 3.45. The molecule has 1 aliphatic rings. The van der Waals surface area contributed by atoms with E-state index in [4.69, 9.17) is 0 Å². The van der Waals surface area contributed by atoms with E-state index in [1.165, 1.54) is 10.6 Å². The Balaban J connectivity index is 1.48. The maximum atomic E-state index is 11.9. The lowest BCUT2D eigenvalue weighted by Crippen LogP contribution is -2.26. The van der Waals surface area contributed by atoms with E-state index >= 15 is 0 Å². The normalized spacial score (nSPS) is 13.9. The van der Waals surface area contributed by atoms with Gasteiger partial charge in [0.15, 0.2) is 0 Å². The number of aromatic nitrogens is 1. The molecule has 0 saturated carbocycles. The number of nitrogens with one attached hydrogen (secondary N) is 1. The van der Waals surface area contributed by atoms with Gasteiger partial charge in [0, 0.05) is 50.4 Å². The summed E-state index contributed by atoms with van der Waals surface area (Å²) in [6, 6.07) is 12.6. The lowest BCUT2D eigenvalue weighted by Gasteiger charge is -2.16. The molecular formula is C19H21N3O3. The molecule has 1 aromatic carbocycles. The first-order valence-electron chi connectivity index (χ1n) is 8.45. The van der Waals surface area contributed by atoms with Crippen molar-refractivity contribution in [2.75, 3.05) is 11.4 Å². The molecular weight excluding hydrogens is 318 g/mol. The number of pyridine rings is 1. The Hall–Kier alpha value is -2.89. The molecule has 0 atom stereocenters. The molecule has 1 aliphatic heterocycles. The Bertz CT molecular complexity index is 811. The smallest absolute Gasteiger partial charge is 0.250 e. The fourth-order valence-corrected chi connectivity index (χ4v) is 2.87. The number of rotatable bonds is 6. The van der Waals surface area contributed by atoms with E-state index in [2.05, 4.69) is 5.32 Å². The molecule has 1 aromatic heterocycles. The Morgan fingerprint density at radius 1 is 1.08 bits per heavy atom. The van der Waals surface area contributed by atoms with E-state index in [0.29, 0.717) is 19.5 Å². The number of amides is 2. The minimum absolute atomic E-state index is 0.102. The minimum atomic E-state index is -0.109. The molecule has 0 unspecified atom stereocenters. The van der Waals surface area contributed by atoms with Crippen molar-refractivity contribution in [3.8, 4) is 0 Å². The summed E-state index contributed by atoms with van der Waals surface area (Å²) < 4.78 is 1.52. The second-order valence-electron chi connectivity index (χ2n) is 6.07. The minimum Gasteiger partial charge on any atom is -0.352 e. The van der Waals surface area contributed by atoms with Gasteiger partial charge in [-0.1, -0.05) is 18.2 Å². The summed E-state index contributed by atoms with van der Waals surface area (Å²) in [5, 5.41) is 2.85. The molecule has 0 aliphatic carbocycles. The maximum Gasteiger partial charge on any atom is 0.250 e. The van der Waals surface area contributed by atoms with E-state index in [0.717, 1.165) is 24.2 Å². The third kappa shape index (κ3) is 4.35. The number of anilines is 1. The number of carbonyl (C=O) groups is 2. The summed E-state index contributed by atoms with van der Waals surface area (Å²) in [6.45, 7) is 1.56. The molecule has 6 nitrogen and oxygen atoms in total. The van der Waals surface area contributed by atoms with Gasteiger partial charge in [0.05, 0.1) is 0 Å². The molecule has 1 saturated heterocycles. The zero-order chi connectivity index (χ0) is 17.6. The Labute approximate surface area is 146 Å². The van der Waals surface area contributed by atoms with Gasteiger partial charge < -0.3 is 14.8 Å². The molecule has 0 spiro atoms. The predicted octanol–water partition coefficient (Wildman–Crippen LogP) is 1.68. The largest absolute Gasteiger partial charge is 0.352 e. The maximum absolute atomic E-state index is 11.9. The van der Waals surface area contributed by atoms with Crippen LogP contribution >= 0.6 is 0 Å². The van der Waals surface area contributed by atoms with Crippen molar-refractivity contribution in [3.05, 3.63) is 64.6 Å². The van der Waals surface area contributed by atoms with Gasteiger partial charge in [0.25, 0.3) is 5.56 Å². The molecule has 0 bridgehead atoms. The van der Waals surface area contributed by atoms with Crippen LogP contribution in [0.15, 0.2) is 53.5 Å². The lowest BCUT2D eigenvalue weighted by atomic mass is 10.2. The number of nitrogens with zero attached hydrogens (tertiary/aromatic N) is 2. The molecule has 3 rings (SSSR count). The van der Waals surface area contributed by atoms with Crippen LogP contribution < -0.4 is 15.8 Å². The molecule has 25 heavy (non-hydrogen) atoms. The molecule has 2 heterocycles. The molecule has 0 radical (unpaired) electrons. The molecule has 6 heteroatoms. The summed E-state index contributed by atoms with van der Waals surface area (Å²) in [4.78, 5) is 37.0. The average Bonchev–Trinajstić information content (AvgIpc) is 3.06. The first-order valence-corrected chi connectivity index (χ1v) is 8.45. The fraction of sp³-hybridized carbons (Fsp3) is 0.316. The highest BCUT2D eigenvalue weighted by atomic mass is 16.2. The van der Waals surface area contributed by atoms with Crippen molar-refractivity contribution in [1.82, 2.24) is 9.88 Å². The third-order valence-electron chi connectivity index (χ3n) is 4.29. The molecule has 2 amide bonds. The summed E-state index contributed by atoms with van der Waals surface area (Å²) in [5.74, 6) is 0.0618. The number of aryl methyl sites for hydroxylation is 1. The lowest BCUT2D eigenvalue weighted by molar-refractivity contribution is -0.121. The number of carbonyl (C=O) groups excluding carboxylic acids is 2. The monoisotopic (exact) mass is 339 g/mol. The van der Waals surface area contributed by atoms with Crippen LogP contribution in [0, 0.1) is 0 Å². The van der Waals surface area contributed by atoms with Gasteiger partial charge in [0.1, 0.15) is 0 Å². The van der Waals surface area contributed by atoms with Gasteiger partial charge in [-0.25, -0.2) is 0 Å². The van der Waals surface area contributed by atoms with Crippen LogP contribution in [0.2, 0.25) is 0 Å². The number of hydrogen-bond donors (Lipinski definition) is 1. The number of hydrogen-bond acceptors (Lipinski definition) is 3. The first kappa shape index (κ1) is 17.0. The zero-order valence-electron chi connectivity index (χ0n) is 14.0. The summed E-state index contributed by atoms with van der Waals surface area (Å²) in [5.41, 5.74) is 1.77. The topological polar surface area (TPSA) is 71.4 Å². The van der Waals surface area contributed by atoms with Gasteiger partial charge >= 0.3 is 0 Å². The summed E-state index contributed by atoms with van der Waals surface area (Å²) >= 11 is 0. The van der Waals surface area contributed by atoms with Crippen molar-refractivity contribution in [2.45, 2.75) is 32.4 Å². The van der Waals surface area contributed by atoms with Crippen LogP contribution in [-0.4, -0.2) is 22.9 Å². The standard InChI is InChI=1S/C19H21N3O3/c23-17(10-13-21-11-2-1-4-18(21)24)20-14-15-6-8-16(9-7-15)22-12-3-5-19(22)25/h1-2,4,6-9,11H,3,5,10,12-14H2,(H,20,23). The van der Waals surface area contributed by atoms with Gasteiger partial charge in [0.2, 0.25) is 11.8 Å². The van der Waals surface area contributed by atoms with Gasteiger partial charge in [-0.15, -0.1) is 0 Å². The Morgan fingerprint density at radius 3 is 2.56 bits per heavy atom. The predicted molar refractivity (Wildman–Crippen MR) is 95.2 cm³/mol. The Kier molecular flexibility index (Phi) is 5.28. The molecule has 1 N–H and O–H groups in total. The highest BCUT2D eigenvalue weighted by Gasteiger charge is 2.21. The van der Waals surface area contributed by atoms with E-state index in [1.54, 1.807) is 23.2 Å². The fourth-order valence-electron chi connectivity index (χ4n) is 2.87. The molecule has 2 aromatic rings. The quantitative estimate of drug-likeness (QED) is 0.870. The van der Waals surface area contributed by atoms with Crippen LogP contribution in [0.5, 0.6) is 0 Å². The second kappa shape index (κ2) is 7.79. The van der Waals surface area contributed by atoms with Crippen LogP contribution in [0.1, 0.15) is 24.8 Å². The van der Waals surface area contributed by atoms with Crippen molar-refractivity contribution in [3.63, 3.8) is 0 Å². The van der Waals surface area contributed by atoms with Crippen molar-refractivity contribution in [1.29, 1.82) is 0 Å². The van der Waals surface area contributed by atoms with Gasteiger partial charge in [-0.2, -0.15) is 0 Å². The second-order valence-corrected chi connectivity index (χ2v) is 6.07. The van der Waals surface area contributed by atoms with Gasteiger partial charge in [-0.3, -0.25) is 14.4 Å². The van der Waals surface area contributed by atoms with E-state index < -0.39 is 0 Å². The highest BCUT2D eigenvalue weighted by molar-refractivity contribution is 5.95. The van der Waals surface area contributed by atoms with Crippen molar-refractivity contribution < 1.29 is 9.59 Å². The molecule has 130 valence electrons. The highest BCUT2D eigenvalue weighted by Crippen LogP contribution is 2.21. The number of benzene rings is 1. The first-order chi connectivity index (χ1) is 12.1. The van der Waals surface area contributed by atoms with Crippen LogP contribution in [0.4, 0.5) is 5.69 Å². The van der Waals surface area contributed by atoms with E-state index in [1.807, 2.05) is 24.3 Å². The van der Waals surface area contributed by atoms with E-state index in [9.17, 15) is 14.4 Å².